The first-order chi connectivity index (χ1) is 5.72. The highest BCUT2D eigenvalue weighted by molar-refractivity contribution is 5.90. The second kappa shape index (κ2) is 2.47. The van der Waals surface area contributed by atoms with Crippen molar-refractivity contribution in [2.75, 3.05) is 6.54 Å². The van der Waals surface area contributed by atoms with Crippen LogP contribution in [0.3, 0.4) is 0 Å². The highest BCUT2D eigenvalue weighted by atomic mass is 16.2. The monoisotopic (exact) mass is 163 g/mol. The molecule has 0 atom stereocenters. The van der Waals surface area contributed by atoms with E-state index in [2.05, 4.69) is 19.1 Å². The lowest BCUT2D eigenvalue weighted by Crippen LogP contribution is -2.45. The van der Waals surface area contributed by atoms with Crippen molar-refractivity contribution in [1.82, 2.24) is 4.90 Å². The van der Waals surface area contributed by atoms with Crippen LogP contribution in [0.4, 0.5) is 0 Å². The summed E-state index contributed by atoms with van der Waals surface area (Å²) in [6.07, 6.45) is 9.92. The van der Waals surface area contributed by atoms with Gasteiger partial charge in [-0.1, -0.05) is 18.2 Å². The first-order valence-electron chi connectivity index (χ1n) is 4.35. The molecule has 64 valence electrons. The maximum Gasteiger partial charge on any atom is 0.247 e. The zero-order valence-corrected chi connectivity index (χ0v) is 7.29. The minimum atomic E-state index is 0.0561. The lowest BCUT2D eigenvalue weighted by atomic mass is 9.97. The Balaban J connectivity index is 2.14. The fraction of sp³-hybridized carbons (Fsp3) is 0.500. The molecular weight excluding hydrogens is 150 g/mol. The van der Waals surface area contributed by atoms with Crippen LogP contribution in [-0.2, 0) is 4.79 Å². The van der Waals surface area contributed by atoms with Crippen LogP contribution < -0.4 is 0 Å². The molecule has 1 heterocycles. The maximum atomic E-state index is 11.4. The van der Waals surface area contributed by atoms with Gasteiger partial charge in [-0.05, 0) is 19.8 Å². The molecule has 0 spiro atoms. The summed E-state index contributed by atoms with van der Waals surface area (Å²) in [7, 11) is 0. The summed E-state index contributed by atoms with van der Waals surface area (Å²) in [6, 6.07) is 0. The summed E-state index contributed by atoms with van der Waals surface area (Å²) in [5, 5.41) is 0. The number of carbonyl (C=O) groups excluding carboxylic acids is 1. The number of amides is 1. The standard InChI is InChI=1S/C10H13NO/c1-10(6-2-3-7-10)11-8-4-5-9(11)12/h2-5H,6-8H2,1H3. The summed E-state index contributed by atoms with van der Waals surface area (Å²) in [4.78, 5) is 13.3. The van der Waals surface area contributed by atoms with Crippen LogP contribution in [0, 0.1) is 0 Å². The third-order valence-corrected chi connectivity index (χ3v) is 2.75. The van der Waals surface area contributed by atoms with Crippen LogP contribution >= 0.6 is 0 Å². The molecule has 2 heteroatoms. The zero-order valence-electron chi connectivity index (χ0n) is 7.29. The van der Waals surface area contributed by atoms with E-state index < -0.39 is 0 Å². The normalized spacial score (nSPS) is 25.8. The van der Waals surface area contributed by atoms with Gasteiger partial charge in [0.1, 0.15) is 0 Å². The van der Waals surface area contributed by atoms with Crippen molar-refractivity contribution in [2.45, 2.75) is 25.3 Å². The van der Waals surface area contributed by atoms with Crippen molar-refractivity contribution in [2.24, 2.45) is 0 Å². The summed E-state index contributed by atoms with van der Waals surface area (Å²) in [5.74, 6) is 0.168. The van der Waals surface area contributed by atoms with Crippen molar-refractivity contribution in [3.05, 3.63) is 24.3 Å². The van der Waals surface area contributed by atoms with Gasteiger partial charge in [0, 0.05) is 18.2 Å². The molecule has 1 aliphatic heterocycles. The minimum absolute atomic E-state index is 0.0561. The van der Waals surface area contributed by atoms with Gasteiger partial charge in [-0.25, -0.2) is 0 Å². The van der Waals surface area contributed by atoms with Crippen LogP contribution in [0.5, 0.6) is 0 Å². The minimum Gasteiger partial charge on any atom is -0.329 e. The van der Waals surface area contributed by atoms with E-state index >= 15 is 0 Å². The predicted octanol–water partition coefficient (Wildman–Crippen LogP) is 1.49. The highest BCUT2D eigenvalue weighted by Gasteiger charge is 2.35. The Labute approximate surface area is 72.6 Å². The Morgan fingerprint density at radius 1 is 1.33 bits per heavy atom. The molecule has 0 saturated heterocycles. The Kier molecular flexibility index (Phi) is 1.56. The van der Waals surface area contributed by atoms with E-state index in [1.54, 1.807) is 6.08 Å². The van der Waals surface area contributed by atoms with Gasteiger partial charge in [0.25, 0.3) is 0 Å². The molecular formula is C10H13NO. The van der Waals surface area contributed by atoms with E-state index in [0.717, 1.165) is 19.4 Å². The molecule has 0 aromatic heterocycles. The van der Waals surface area contributed by atoms with E-state index in [0.29, 0.717) is 0 Å². The van der Waals surface area contributed by atoms with E-state index in [-0.39, 0.29) is 11.4 Å². The predicted molar refractivity (Wildman–Crippen MR) is 47.6 cm³/mol. The molecule has 0 bridgehead atoms. The van der Waals surface area contributed by atoms with Crippen LogP contribution in [-0.4, -0.2) is 22.9 Å². The zero-order chi connectivity index (χ0) is 8.60. The molecule has 2 nitrogen and oxygen atoms in total. The van der Waals surface area contributed by atoms with Crippen molar-refractivity contribution in [3.63, 3.8) is 0 Å². The van der Waals surface area contributed by atoms with Crippen LogP contribution in [0.15, 0.2) is 24.3 Å². The molecule has 1 aliphatic carbocycles. The average molecular weight is 163 g/mol. The number of nitrogens with zero attached hydrogens (tertiary/aromatic N) is 1. The smallest absolute Gasteiger partial charge is 0.247 e. The molecule has 0 unspecified atom stereocenters. The van der Waals surface area contributed by atoms with E-state index in [1.165, 1.54) is 0 Å². The molecule has 0 aromatic carbocycles. The fourth-order valence-corrected chi connectivity index (χ4v) is 1.90. The summed E-state index contributed by atoms with van der Waals surface area (Å²) in [6.45, 7) is 2.94. The average Bonchev–Trinajstić information content (AvgIpc) is 2.59. The Bertz CT molecular complexity index is 257. The van der Waals surface area contributed by atoms with Crippen LogP contribution in [0.25, 0.3) is 0 Å². The van der Waals surface area contributed by atoms with Crippen molar-refractivity contribution in [3.8, 4) is 0 Å². The fourth-order valence-electron chi connectivity index (χ4n) is 1.90. The van der Waals surface area contributed by atoms with E-state index in [9.17, 15) is 4.79 Å². The molecule has 2 aliphatic rings. The number of carbonyl (C=O) groups is 1. The molecule has 0 saturated carbocycles. The topological polar surface area (TPSA) is 20.3 Å². The molecule has 2 rings (SSSR count). The SMILES string of the molecule is CC1(N2CC=CC2=O)CC=CC1. The Hall–Kier alpha value is -1.05. The summed E-state index contributed by atoms with van der Waals surface area (Å²) in [5.41, 5.74) is 0.0561. The van der Waals surface area contributed by atoms with Crippen molar-refractivity contribution < 1.29 is 4.79 Å². The lowest BCUT2D eigenvalue weighted by molar-refractivity contribution is -0.129. The third kappa shape index (κ3) is 0.986. The third-order valence-electron chi connectivity index (χ3n) is 2.75. The second-order valence-corrected chi connectivity index (χ2v) is 3.73. The Morgan fingerprint density at radius 3 is 2.50 bits per heavy atom. The van der Waals surface area contributed by atoms with Gasteiger partial charge in [-0.15, -0.1) is 0 Å². The van der Waals surface area contributed by atoms with Gasteiger partial charge in [0.2, 0.25) is 5.91 Å². The number of rotatable bonds is 1. The van der Waals surface area contributed by atoms with Crippen molar-refractivity contribution in [1.29, 1.82) is 0 Å². The first kappa shape index (κ1) is 7.59. The molecule has 1 amide bonds. The summed E-state index contributed by atoms with van der Waals surface area (Å²) >= 11 is 0. The summed E-state index contributed by atoms with van der Waals surface area (Å²) < 4.78 is 0. The van der Waals surface area contributed by atoms with Gasteiger partial charge < -0.3 is 4.90 Å². The molecule has 0 radical (unpaired) electrons. The lowest BCUT2D eigenvalue weighted by Gasteiger charge is -2.35. The molecule has 0 aromatic rings. The second-order valence-electron chi connectivity index (χ2n) is 3.73. The van der Waals surface area contributed by atoms with Crippen LogP contribution in [0.1, 0.15) is 19.8 Å². The first-order valence-corrected chi connectivity index (χ1v) is 4.35. The number of hydrogen-bond donors (Lipinski definition) is 0. The molecule has 12 heavy (non-hydrogen) atoms. The quantitative estimate of drug-likeness (QED) is 0.536. The largest absolute Gasteiger partial charge is 0.329 e. The number of hydrogen-bond acceptors (Lipinski definition) is 1. The van der Waals surface area contributed by atoms with Crippen LogP contribution in [0.2, 0.25) is 0 Å². The van der Waals surface area contributed by atoms with Gasteiger partial charge in [0.15, 0.2) is 0 Å². The van der Waals surface area contributed by atoms with Crippen molar-refractivity contribution >= 4 is 5.91 Å². The van der Waals surface area contributed by atoms with Gasteiger partial charge in [-0.3, -0.25) is 4.79 Å². The van der Waals surface area contributed by atoms with Gasteiger partial charge in [0.05, 0.1) is 0 Å². The van der Waals surface area contributed by atoms with Gasteiger partial charge in [-0.2, -0.15) is 0 Å². The maximum absolute atomic E-state index is 11.4. The molecule has 0 N–H and O–H groups in total. The van der Waals surface area contributed by atoms with Gasteiger partial charge >= 0.3 is 0 Å². The molecule has 0 fully saturated rings. The van der Waals surface area contributed by atoms with E-state index in [1.807, 2.05) is 11.0 Å². The highest BCUT2D eigenvalue weighted by Crippen LogP contribution is 2.31. The Morgan fingerprint density at radius 2 is 2.00 bits per heavy atom. The van der Waals surface area contributed by atoms with E-state index in [4.69, 9.17) is 0 Å².